The second kappa shape index (κ2) is 6.31. The average Bonchev–Trinajstić information content (AvgIpc) is 2.89. The zero-order valence-corrected chi connectivity index (χ0v) is 14.6. The van der Waals surface area contributed by atoms with Crippen molar-refractivity contribution in [1.29, 1.82) is 0 Å². The van der Waals surface area contributed by atoms with E-state index in [0.29, 0.717) is 19.6 Å². The number of fused-ring (bicyclic) bond motifs is 1. The second-order valence-electron chi connectivity index (χ2n) is 6.05. The van der Waals surface area contributed by atoms with Crippen molar-refractivity contribution in [3.05, 3.63) is 16.8 Å². The third kappa shape index (κ3) is 3.10. The summed E-state index contributed by atoms with van der Waals surface area (Å²) in [4.78, 5) is 26.5. The number of aromatic nitrogens is 2. The fraction of sp³-hybridized carbons (Fsp3) is 0.562. The summed E-state index contributed by atoms with van der Waals surface area (Å²) in [6.45, 7) is 7.83. The van der Waals surface area contributed by atoms with Crippen LogP contribution in [0.5, 0.6) is 0 Å². The molecule has 1 aliphatic heterocycles. The molecule has 0 radical (unpaired) electrons. The molecule has 7 heteroatoms. The molecule has 1 fully saturated rings. The number of rotatable bonds is 3. The summed E-state index contributed by atoms with van der Waals surface area (Å²) in [6, 6.07) is 2.31. The Balaban J connectivity index is 1.97. The summed E-state index contributed by atoms with van der Waals surface area (Å²) in [5, 5.41) is 10.3. The lowest BCUT2D eigenvalue weighted by molar-refractivity contribution is 0.136. The number of aryl methyl sites for hydroxylation is 2. The SMILES string of the molecule is CCCc1cc2c(N3CCN(C(=O)O)C[C@@H]3C)nc(C)nc2s1. The van der Waals surface area contributed by atoms with Crippen molar-refractivity contribution in [2.45, 2.75) is 39.7 Å². The molecular formula is C16H22N4O2S. The van der Waals surface area contributed by atoms with Gasteiger partial charge in [-0.2, -0.15) is 0 Å². The van der Waals surface area contributed by atoms with Crippen LogP contribution in [-0.2, 0) is 6.42 Å². The standard InChI is InChI=1S/C16H22N4O2S/c1-4-5-12-8-13-14(17-11(3)18-15(13)23-12)20-7-6-19(16(21)22)9-10(20)2/h8,10H,4-7,9H2,1-3H3,(H,21,22)/t10-/m0/s1. The van der Waals surface area contributed by atoms with E-state index in [-0.39, 0.29) is 6.04 Å². The number of amides is 1. The molecule has 1 saturated heterocycles. The first-order chi connectivity index (χ1) is 11.0. The Morgan fingerprint density at radius 1 is 1.43 bits per heavy atom. The lowest BCUT2D eigenvalue weighted by Gasteiger charge is -2.39. The highest BCUT2D eigenvalue weighted by Crippen LogP contribution is 2.33. The van der Waals surface area contributed by atoms with Gasteiger partial charge in [0.2, 0.25) is 0 Å². The highest BCUT2D eigenvalue weighted by molar-refractivity contribution is 7.18. The van der Waals surface area contributed by atoms with Gasteiger partial charge in [0.1, 0.15) is 16.5 Å². The second-order valence-corrected chi connectivity index (χ2v) is 7.16. The van der Waals surface area contributed by atoms with Crippen molar-refractivity contribution in [1.82, 2.24) is 14.9 Å². The third-order valence-corrected chi connectivity index (χ3v) is 5.29. The molecule has 2 aromatic heterocycles. The zero-order valence-electron chi connectivity index (χ0n) is 13.7. The molecule has 1 aliphatic rings. The minimum absolute atomic E-state index is 0.104. The molecule has 3 heterocycles. The summed E-state index contributed by atoms with van der Waals surface area (Å²) in [5.41, 5.74) is 0. The van der Waals surface area contributed by atoms with Crippen molar-refractivity contribution in [3.63, 3.8) is 0 Å². The number of anilines is 1. The largest absolute Gasteiger partial charge is 0.465 e. The topological polar surface area (TPSA) is 69.6 Å². The van der Waals surface area contributed by atoms with E-state index in [4.69, 9.17) is 0 Å². The maximum Gasteiger partial charge on any atom is 0.407 e. The van der Waals surface area contributed by atoms with Crippen LogP contribution < -0.4 is 4.90 Å². The first-order valence-corrected chi connectivity index (χ1v) is 8.82. The summed E-state index contributed by atoms with van der Waals surface area (Å²) >= 11 is 1.74. The number of piperazine rings is 1. The third-order valence-electron chi connectivity index (χ3n) is 4.20. The molecular weight excluding hydrogens is 312 g/mol. The lowest BCUT2D eigenvalue weighted by Crippen LogP contribution is -2.53. The molecule has 124 valence electrons. The summed E-state index contributed by atoms with van der Waals surface area (Å²) < 4.78 is 0. The van der Waals surface area contributed by atoms with Gasteiger partial charge in [0.05, 0.1) is 5.39 Å². The minimum Gasteiger partial charge on any atom is -0.465 e. The van der Waals surface area contributed by atoms with Crippen LogP contribution in [0.25, 0.3) is 10.2 Å². The molecule has 1 N–H and O–H groups in total. The van der Waals surface area contributed by atoms with Gasteiger partial charge in [-0.15, -0.1) is 11.3 Å². The van der Waals surface area contributed by atoms with Crippen molar-refractivity contribution >= 4 is 33.5 Å². The molecule has 2 aromatic rings. The van der Waals surface area contributed by atoms with E-state index in [1.165, 1.54) is 9.78 Å². The Morgan fingerprint density at radius 2 is 2.22 bits per heavy atom. The molecule has 6 nitrogen and oxygen atoms in total. The van der Waals surface area contributed by atoms with Crippen molar-refractivity contribution in [2.24, 2.45) is 0 Å². The normalized spacial score (nSPS) is 18.7. The van der Waals surface area contributed by atoms with E-state index in [1.54, 1.807) is 11.3 Å². The Labute approximate surface area is 139 Å². The van der Waals surface area contributed by atoms with E-state index in [9.17, 15) is 9.90 Å². The maximum absolute atomic E-state index is 11.2. The van der Waals surface area contributed by atoms with Crippen molar-refractivity contribution < 1.29 is 9.90 Å². The van der Waals surface area contributed by atoms with Crippen molar-refractivity contribution in [3.8, 4) is 0 Å². The van der Waals surface area contributed by atoms with Gasteiger partial charge >= 0.3 is 6.09 Å². The van der Waals surface area contributed by atoms with Crippen LogP contribution >= 0.6 is 11.3 Å². The Bertz CT molecular complexity index is 730. The smallest absolute Gasteiger partial charge is 0.407 e. The first kappa shape index (κ1) is 16.0. The Hall–Kier alpha value is -1.89. The van der Waals surface area contributed by atoms with E-state index in [1.807, 2.05) is 6.92 Å². The first-order valence-electron chi connectivity index (χ1n) is 8.01. The fourth-order valence-electron chi connectivity index (χ4n) is 3.09. The zero-order chi connectivity index (χ0) is 16.6. The summed E-state index contributed by atoms with van der Waals surface area (Å²) in [6.07, 6.45) is 1.32. The van der Waals surface area contributed by atoms with E-state index < -0.39 is 6.09 Å². The quantitative estimate of drug-likeness (QED) is 0.934. The van der Waals surface area contributed by atoms with Crippen LogP contribution in [0.4, 0.5) is 10.6 Å². The molecule has 1 atom stereocenters. The van der Waals surface area contributed by atoms with Gasteiger partial charge in [-0.1, -0.05) is 13.3 Å². The van der Waals surface area contributed by atoms with Gasteiger partial charge in [0.15, 0.2) is 0 Å². The molecule has 0 unspecified atom stereocenters. The Kier molecular flexibility index (Phi) is 4.39. The maximum atomic E-state index is 11.2. The number of carbonyl (C=O) groups is 1. The number of hydrogen-bond acceptors (Lipinski definition) is 5. The van der Waals surface area contributed by atoms with Crippen LogP contribution in [0.1, 0.15) is 31.0 Å². The monoisotopic (exact) mass is 334 g/mol. The van der Waals surface area contributed by atoms with E-state index in [0.717, 1.165) is 34.7 Å². The van der Waals surface area contributed by atoms with Gasteiger partial charge in [-0.25, -0.2) is 14.8 Å². The van der Waals surface area contributed by atoms with E-state index in [2.05, 4.69) is 34.8 Å². The van der Waals surface area contributed by atoms with E-state index >= 15 is 0 Å². The van der Waals surface area contributed by atoms with Crippen LogP contribution in [0.3, 0.4) is 0 Å². The number of thiophene rings is 1. The molecule has 0 bridgehead atoms. The van der Waals surface area contributed by atoms with Crippen LogP contribution in [0, 0.1) is 6.92 Å². The highest BCUT2D eigenvalue weighted by atomic mass is 32.1. The van der Waals surface area contributed by atoms with Crippen LogP contribution in [-0.4, -0.2) is 51.7 Å². The van der Waals surface area contributed by atoms with Crippen LogP contribution in [0.15, 0.2) is 6.07 Å². The number of hydrogen-bond donors (Lipinski definition) is 1. The molecule has 0 spiro atoms. The van der Waals surface area contributed by atoms with Crippen LogP contribution in [0.2, 0.25) is 0 Å². The average molecular weight is 334 g/mol. The van der Waals surface area contributed by atoms with Gasteiger partial charge in [-0.3, -0.25) is 0 Å². The molecule has 23 heavy (non-hydrogen) atoms. The molecule has 1 amide bonds. The molecule has 0 saturated carbocycles. The highest BCUT2D eigenvalue weighted by Gasteiger charge is 2.29. The predicted molar refractivity (Wildman–Crippen MR) is 92.6 cm³/mol. The fourth-order valence-corrected chi connectivity index (χ4v) is 4.26. The summed E-state index contributed by atoms with van der Waals surface area (Å²) in [7, 11) is 0. The van der Waals surface area contributed by atoms with Gasteiger partial charge in [-0.05, 0) is 26.3 Å². The summed E-state index contributed by atoms with van der Waals surface area (Å²) in [5.74, 6) is 1.72. The van der Waals surface area contributed by atoms with Gasteiger partial charge in [0.25, 0.3) is 0 Å². The number of carboxylic acid groups (broad SMARTS) is 1. The molecule has 0 aromatic carbocycles. The molecule has 0 aliphatic carbocycles. The van der Waals surface area contributed by atoms with Crippen molar-refractivity contribution in [2.75, 3.05) is 24.5 Å². The number of nitrogens with zero attached hydrogens (tertiary/aromatic N) is 4. The van der Waals surface area contributed by atoms with Gasteiger partial charge in [0, 0.05) is 30.6 Å². The Morgan fingerprint density at radius 3 is 2.87 bits per heavy atom. The molecule has 3 rings (SSSR count). The lowest BCUT2D eigenvalue weighted by atomic mass is 10.1. The predicted octanol–water partition coefficient (Wildman–Crippen LogP) is 3.14. The minimum atomic E-state index is -0.846. The van der Waals surface area contributed by atoms with Gasteiger partial charge < -0.3 is 14.9 Å².